The quantitative estimate of drug-likeness (QED) is 0.595. The fourth-order valence-electron chi connectivity index (χ4n) is 1.37. The van der Waals surface area contributed by atoms with Crippen LogP contribution in [-0.2, 0) is 14.3 Å². The average Bonchev–Trinajstić information content (AvgIpc) is 2.02. The first-order chi connectivity index (χ1) is 5.57. The lowest BCUT2D eigenvalue weighted by Crippen LogP contribution is -2.53. The van der Waals surface area contributed by atoms with E-state index in [-0.39, 0.29) is 11.9 Å². The standard InChI is InChI=1S/C8H14O4/c1-4-6(9)8(11-3)7(10)5(2)12-4/h4-6,8-9H,1-3H3/t4?,5-,6-,8+/m0/s1. The van der Waals surface area contributed by atoms with E-state index in [0.29, 0.717) is 0 Å². The van der Waals surface area contributed by atoms with Crippen LogP contribution in [0.15, 0.2) is 0 Å². The summed E-state index contributed by atoms with van der Waals surface area (Å²) < 4.78 is 10.0. The predicted molar refractivity (Wildman–Crippen MR) is 41.8 cm³/mol. The number of Topliss-reactive ketones (excluding diaryl/α,β-unsaturated/α-hetero) is 1. The minimum absolute atomic E-state index is 0.192. The summed E-state index contributed by atoms with van der Waals surface area (Å²) in [5, 5.41) is 9.45. The van der Waals surface area contributed by atoms with Crippen LogP contribution >= 0.6 is 0 Å². The Balaban J connectivity index is 2.74. The maximum atomic E-state index is 11.3. The number of carbonyl (C=O) groups is 1. The Morgan fingerprint density at radius 3 is 2.58 bits per heavy atom. The molecule has 1 N–H and O–H groups in total. The van der Waals surface area contributed by atoms with Crippen molar-refractivity contribution < 1.29 is 19.4 Å². The van der Waals surface area contributed by atoms with Gasteiger partial charge in [0.1, 0.15) is 18.3 Å². The predicted octanol–water partition coefficient (Wildman–Crippen LogP) is -0.261. The molecule has 0 amide bonds. The summed E-state index contributed by atoms with van der Waals surface area (Å²) in [5.74, 6) is -0.192. The fourth-order valence-corrected chi connectivity index (χ4v) is 1.37. The van der Waals surface area contributed by atoms with Gasteiger partial charge in [0.25, 0.3) is 0 Å². The summed E-state index contributed by atoms with van der Waals surface area (Å²) >= 11 is 0. The highest BCUT2D eigenvalue weighted by atomic mass is 16.5. The van der Waals surface area contributed by atoms with Crippen LogP contribution in [0, 0.1) is 0 Å². The van der Waals surface area contributed by atoms with E-state index in [2.05, 4.69) is 0 Å². The van der Waals surface area contributed by atoms with Gasteiger partial charge in [0.15, 0.2) is 5.78 Å². The third-order valence-corrected chi connectivity index (χ3v) is 2.14. The van der Waals surface area contributed by atoms with Crippen LogP contribution in [0.2, 0.25) is 0 Å². The van der Waals surface area contributed by atoms with Crippen molar-refractivity contribution in [2.24, 2.45) is 0 Å². The molecule has 70 valence electrons. The molecule has 1 aliphatic heterocycles. The molecule has 4 nitrogen and oxygen atoms in total. The summed E-state index contributed by atoms with van der Waals surface area (Å²) in [6.07, 6.45) is -2.40. The minimum Gasteiger partial charge on any atom is -0.387 e. The molecule has 4 heteroatoms. The molecule has 4 atom stereocenters. The lowest BCUT2D eigenvalue weighted by atomic mass is 9.98. The van der Waals surface area contributed by atoms with Crippen molar-refractivity contribution in [3.63, 3.8) is 0 Å². The van der Waals surface area contributed by atoms with Gasteiger partial charge in [0.05, 0.1) is 6.10 Å². The van der Waals surface area contributed by atoms with E-state index in [1.54, 1.807) is 13.8 Å². The Labute approximate surface area is 71.5 Å². The van der Waals surface area contributed by atoms with Crippen molar-refractivity contribution in [1.29, 1.82) is 0 Å². The zero-order chi connectivity index (χ0) is 9.30. The molecular weight excluding hydrogens is 160 g/mol. The van der Waals surface area contributed by atoms with Gasteiger partial charge in [-0.3, -0.25) is 4.79 Å². The molecule has 0 aliphatic carbocycles. The van der Waals surface area contributed by atoms with Crippen LogP contribution in [0.5, 0.6) is 0 Å². The van der Waals surface area contributed by atoms with Gasteiger partial charge < -0.3 is 14.6 Å². The zero-order valence-electron chi connectivity index (χ0n) is 7.48. The van der Waals surface area contributed by atoms with Crippen molar-refractivity contribution in [2.75, 3.05) is 7.11 Å². The van der Waals surface area contributed by atoms with Gasteiger partial charge in [-0.2, -0.15) is 0 Å². The van der Waals surface area contributed by atoms with E-state index < -0.39 is 18.3 Å². The molecule has 0 aromatic carbocycles. The molecule has 1 unspecified atom stereocenters. The first-order valence-corrected chi connectivity index (χ1v) is 3.98. The van der Waals surface area contributed by atoms with Crippen LogP contribution in [0.3, 0.4) is 0 Å². The van der Waals surface area contributed by atoms with E-state index >= 15 is 0 Å². The second kappa shape index (κ2) is 3.51. The van der Waals surface area contributed by atoms with E-state index in [0.717, 1.165) is 0 Å². The number of carbonyl (C=O) groups excluding carboxylic acids is 1. The molecule has 0 spiro atoms. The molecule has 0 aromatic heterocycles. The fraction of sp³-hybridized carbons (Fsp3) is 0.875. The molecule has 1 rings (SSSR count). The number of hydrogen-bond donors (Lipinski definition) is 1. The van der Waals surface area contributed by atoms with E-state index in [1.807, 2.05) is 0 Å². The summed E-state index contributed by atoms with van der Waals surface area (Å²) in [6.45, 7) is 3.39. The van der Waals surface area contributed by atoms with Crippen LogP contribution in [0.1, 0.15) is 13.8 Å². The smallest absolute Gasteiger partial charge is 0.192 e. The molecule has 0 radical (unpaired) electrons. The maximum absolute atomic E-state index is 11.3. The number of aliphatic hydroxyl groups excluding tert-OH is 1. The average molecular weight is 174 g/mol. The number of ketones is 1. The monoisotopic (exact) mass is 174 g/mol. The van der Waals surface area contributed by atoms with Crippen molar-refractivity contribution in [2.45, 2.75) is 38.3 Å². The van der Waals surface area contributed by atoms with Crippen LogP contribution in [0.25, 0.3) is 0 Å². The normalized spacial score (nSPS) is 43.2. The number of hydrogen-bond acceptors (Lipinski definition) is 4. The van der Waals surface area contributed by atoms with E-state index in [4.69, 9.17) is 9.47 Å². The number of rotatable bonds is 1. The molecule has 12 heavy (non-hydrogen) atoms. The van der Waals surface area contributed by atoms with Crippen molar-refractivity contribution in [3.05, 3.63) is 0 Å². The highest BCUT2D eigenvalue weighted by Crippen LogP contribution is 2.18. The first kappa shape index (κ1) is 9.64. The van der Waals surface area contributed by atoms with Crippen molar-refractivity contribution in [3.8, 4) is 0 Å². The van der Waals surface area contributed by atoms with Crippen molar-refractivity contribution >= 4 is 5.78 Å². The maximum Gasteiger partial charge on any atom is 0.192 e. The Morgan fingerprint density at radius 1 is 1.50 bits per heavy atom. The largest absolute Gasteiger partial charge is 0.387 e. The Hall–Kier alpha value is -0.450. The number of aliphatic hydroxyl groups is 1. The summed E-state index contributed by atoms with van der Waals surface area (Å²) in [4.78, 5) is 11.3. The highest BCUT2D eigenvalue weighted by Gasteiger charge is 2.40. The lowest BCUT2D eigenvalue weighted by molar-refractivity contribution is -0.180. The van der Waals surface area contributed by atoms with Crippen LogP contribution in [0.4, 0.5) is 0 Å². The molecule has 1 aliphatic rings. The Kier molecular flexibility index (Phi) is 2.82. The van der Waals surface area contributed by atoms with E-state index in [1.165, 1.54) is 7.11 Å². The molecule has 0 saturated carbocycles. The second-order valence-electron chi connectivity index (χ2n) is 3.03. The van der Waals surface area contributed by atoms with Crippen molar-refractivity contribution in [1.82, 2.24) is 0 Å². The van der Waals surface area contributed by atoms with Crippen LogP contribution < -0.4 is 0 Å². The topological polar surface area (TPSA) is 55.8 Å². The molecule has 1 saturated heterocycles. The van der Waals surface area contributed by atoms with Gasteiger partial charge in [0, 0.05) is 7.11 Å². The first-order valence-electron chi connectivity index (χ1n) is 3.98. The molecule has 0 bridgehead atoms. The number of methoxy groups -OCH3 is 1. The molecule has 1 fully saturated rings. The second-order valence-corrected chi connectivity index (χ2v) is 3.03. The van der Waals surface area contributed by atoms with Gasteiger partial charge in [-0.25, -0.2) is 0 Å². The molecule has 1 heterocycles. The third kappa shape index (κ3) is 1.50. The van der Waals surface area contributed by atoms with Gasteiger partial charge in [-0.1, -0.05) is 0 Å². The molecule has 0 aromatic rings. The van der Waals surface area contributed by atoms with Gasteiger partial charge >= 0.3 is 0 Å². The van der Waals surface area contributed by atoms with Gasteiger partial charge in [-0.15, -0.1) is 0 Å². The van der Waals surface area contributed by atoms with Gasteiger partial charge in [-0.05, 0) is 13.8 Å². The third-order valence-electron chi connectivity index (χ3n) is 2.14. The summed E-state index contributed by atoms with van der Waals surface area (Å²) in [5.41, 5.74) is 0. The minimum atomic E-state index is -0.848. The highest BCUT2D eigenvalue weighted by molar-refractivity contribution is 5.88. The Bertz CT molecular complexity index is 180. The zero-order valence-corrected chi connectivity index (χ0v) is 7.48. The lowest BCUT2D eigenvalue weighted by Gasteiger charge is -2.34. The van der Waals surface area contributed by atoms with E-state index in [9.17, 15) is 9.90 Å². The number of ether oxygens (including phenoxy) is 2. The summed E-state index contributed by atoms with van der Waals surface area (Å²) in [6, 6.07) is 0. The molecular formula is C8H14O4. The Morgan fingerprint density at radius 2 is 2.08 bits per heavy atom. The van der Waals surface area contributed by atoms with Crippen LogP contribution in [-0.4, -0.2) is 42.4 Å². The van der Waals surface area contributed by atoms with Gasteiger partial charge in [0.2, 0.25) is 0 Å². The SMILES string of the molecule is CO[C@H]1C(=O)[C@H](C)OC(C)[C@@H]1O. The summed E-state index contributed by atoms with van der Waals surface area (Å²) in [7, 11) is 1.41.